The van der Waals surface area contributed by atoms with Crippen LogP contribution < -0.4 is 4.90 Å². The number of rotatable bonds is 7. The number of imidazole rings is 1. The smallest absolute Gasteiger partial charge is 0.340 e. The summed E-state index contributed by atoms with van der Waals surface area (Å²) in [4.78, 5) is 44.2. The topological polar surface area (TPSA) is 179 Å². The number of aromatic nitrogens is 4. The highest BCUT2D eigenvalue weighted by atomic mass is 35.5. The van der Waals surface area contributed by atoms with Crippen molar-refractivity contribution in [1.29, 1.82) is 0 Å². The van der Waals surface area contributed by atoms with Gasteiger partial charge in [0.15, 0.2) is 34.9 Å². The largest absolute Gasteiger partial charge is 0.347 e. The van der Waals surface area contributed by atoms with Crippen LogP contribution in [-0.2, 0) is 33.3 Å². The van der Waals surface area contributed by atoms with Crippen molar-refractivity contribution < 1.29 is 42.5 Å². The van der Waals surface area contributed by atoms with Crippen LogP contribution in [0, 0.1) is 0 Å². The molecule has 1 aliphatic carbocycles. The highest BCUT2D eigenvalue weighted by Crippen LogP contribution is 2.57. The Morgan fingerprint density at radius 2 is 1.86 bits per heavy atom. The van der Waals surface area contributed by atoms with Crippen LogP contribution in [0.15, 0.2) is 30.6 Å². The first-order valence-corrected chi connectivity index (χ1v) is 17.5. The third kappa shape index (κ3) is 4.92. The van der Waals surface area contributed by atoms with Gasteiger partial charge in [-0.25, -0.2) is 4.98 Å². The van der Waals surface area contributed by atoms with Crippen LogP contribution in [0.3, 0.4) is 0 Å². The average Bonchev–Trinajstić information content (AvgIpc) is 3.59. The van der Waals surface area contributed by atoms with Gasteiger partial charge < -0.3 is 38.3 Å². The molecule has 3 fully saturated rings. The van der Waals surface area contributed by atoms with Crippen LogP contribution in [0.2, 0.25) is 5.28 Å². The Bertz CT molecular complexity index is 1660. The second-order valence-corrected chi connectivity index (χ2v) is 16.1. The first-order chi connectivity index (χ1) is 19.7. The molecule has 1 spiro atoms. The summed E-state index contributed by atoms with van der Waals surface area (Å²) in [5.41, 5.74) is 3.36. The third-order valence-electron chi connectivity index (χ3n) is 8.37. The van der Waals surface area contributed by atoms with E-state index in [2.05, 4.69) is 38.1 Å². The minimum Gasteiger partial charge on any atom is -0.347 e. The molecule has 1 aromatic carbocycles. The number of anilines is 2. The summed E-state index contributed by atoms with van der Waals surface area (Å²) in [5.74, 6) is -1.73. The zero-order chi connectivity index (χ0) is 29.7. The Labute approximate surface area is 245 Å². The maximum atomic E-state index is 12.3. The van der Waals surface area contributed by atoms with Gasteiger partial charge >= 0.3 is 15.2 Å². The molecule has 1 saturated carbocycles. The van der Waals surface area contributed by atoms with E-state index in [1.54, 1.807) is 24.7 Å². The number of benzene rings is 1. The second-order valence-electron chi connectivity index (χ2n) is 11.7. The van der Waals surface area contributed by atoms with Crippen LogP contribution in [0.4, 0.5) is 11.5 Å². The summed E-state index contributed by atoms with van der Waals surface area (Å²) >= 11 is 6.49. The first kappa shape index (κ1) is 28.8. The molecule has 7 rings (SSSR count). The van der Waals surface area contributed by atoms with Crippen molar-refractivity contribution in [2.45, 2.75) is 68.9 Å². The van der Waals surface area contributed by atoms with Gasteiger partial charge in [0, 0.05) is 17.6 Å². The Hall–Kier alpha value is -1.96. The van der Waals surface area contributed by atoms with E-state index in [-0.39, 0.29) is 10.7 Å². The molecule has 0 radical (unpaired) electrons. The Kier molecular flexibility index (Phi) is 6.70. The molecule has 14 nitrogen and oxygen atoms in total. The van der Waals surface area contributed by atoms with Crippen molar-refractivity contribution >= 4 is 49.5 Å². The van der Waals surface area contributed by atoms with Crippen LogP contribution in [-0.4, -0.2) is 77.4 Å². The number of hydrogen-bond acceptors (Lipinski definition) is 10. The number of ether oxygens (including phenoxy) is 3. The van der Waals surface area contributed by atoms with E-state index >= 15 is 0 Å². The molecule has 0 amide bonds. The Morgan fingerprint density at radius 3 is 2.57 bits per heavy atom. The lowest BCUT2D eigenvalue weighted by molar-refractivity contribution is -0.199. The van der Waals surface area contributed by atoms with Gasteiger partial charge in [0.25, 0.3) is 0 Å². The number of halogens is 1. The molecule has 4 aliphatic rings. The van der Waals surface area contributed by atoms with E-state index in [1.165, 1.54) is 12.0 Å². The first-order valence-electron chi connectivity index (χ1n) is 13.5. The van der Waals surface area contributed by atoms with Gasteiger partial charge in [-0.2, -0.15) is 9.97 Å². The van der Waals surface area contributed by atoms with Gasteiger partial charge in [-0.3, -0.25) is 13.7 Å². The monoisotopic (exact) mass is 641 g/mol. The zero-order valence-corrected chi connectivity index (χ0v) is 25.3. The van der Waals surface area contributed by atoms with E-state index in [0.717, 1.165) is 25.1 Å². The van der Waals surface area contributed by atoms with Crippen molar-refractivity contribution in [2.24, 2.45) is 0 Å². The Balaban J connectivity index is 1.22. The molecule has 2 saturated heterocycles. The maximum Gasteiger partial charge on any atom is 0.340 e. The predicted molar refractivity (Wildman–Crippen MR) is 150 cm³/mol. The lowest BCUT2D eigenvalue weighted by Crippen LogP contribution is -2.38. The quantitative estimate of drug-likeness (QED) is 0.251. The van der Waals surface area contributed by atoms with Gasteiger partial charge in [-0.1, -0.05) is 24.6 Å². The molecule has 3 N–H and O–H groups in total. The van der Waals surface area contributed by atoms with Crippen molar-refractivity contribution in [1.82, 2.24) is 19.5 Å². The summed E-state index contributed by atoms with van der Waals surface area (Å²) in [6.07, 6.45) is 1.78. The van der Waals surface area contributed by atoms with E-state index in [1.807, 2.05) is 6.07 Å². The molecule has 17 heteroatoms. The molecule has 2 aromatic heterocycles. The summed E-state index contributed by atoms with van der Waals surface area (Å²) in [5, 5.41) is 0.0308. The molecule has 5 unspecified atom stereocenters. The van der Waals surface area contributed by atoms with Crippen molar-refractivity contribution in [3.8, 4) is 0 Å². The normalized spacial score (nSPS) is 29.0. The van der Waals surface area contributed by atoms with E-state index in [4.69, 9.17) is 40.1 Å². The van der Waals surface area contributed by atoms with Crippen molar-refractivity contribution in [3.05, 3.63) is 41.4 Å². The summed E-state index contributed by atoms with van der Waals surface area (Å²) in [6.45, 7) is 3.75. The lowest BCUT2D eigenvalue weighted by Gasteiger charge is -2.39. The van der Waals surface area contributed by atoms with Crippen molar-refractivity contribution in [2.75, 3.05) is 24.0 Å². The third-order valence-corrected chi connectivity index (χ3v) is 12.0. The summed E-state index contributed by atoms with van der Waals surface area (Å²) in [7, 11) is -9.41. The average molecular weight is 642 g/mol. The minimum absolute atomic E-state index is 0.0308. The van der Waals surface area contributed by atoms with Crippen molar-refractivity contribution in [3.63, 3.8) is 0 Å². The molecule has 5 heterocycles. The fraction of sp³-hybridized carbons (Fsp3) is 0.560. The summed E-state index contributed by atoms with van der Waals surface area (Å²) in [6, 6.07) is 8.31. The molecular formula is C25H30ClN5O9P2. The van der Waals surface area contributed by atoms with Gasteiger partial charge in [0.1, 0.15) is 18.3 Å². The van der Waals surface area contributed by atoms with Gasteiger partial charge in [-0.05, 0) is 49.9 Å². The van der Waals surface area contributed by atoms with E-state index < -0.39 is 58.0 Å². The van der Waals surface area contributed by atoms with Gasteiger partial charge in [-0.15, -0.1) is 0 Å². The number of fused-ring (bicyclic) bond motifs is 4. The Morgan fingerprint density at radius 1 is 1.12 bits per heavy atom. The maximum absolute atomic E-state index is 12.3. The highest BCUT2D eigenvalue weighted by Gasteiger charge is 2.57. The van der Waals surface area contributed by atoms with Crippen LogP contribution in [0.5, 0.6) is 0 Å². The lowest BCUT2D eigenvalue weighted by atomic mass is 9.66. The predicted octanol–water partition coefficient (Wildman–Crippen LogP) is 3.81. The van der Waals surface area contributed by atoms with Crippen LogP contribution in [0.1, 0.15) is 44.9 Å². The van der Waals surface area contributed by atoms with Crippen LogP contribution in [0.25, 0.3) is 11.2 Å². The van der Waals surface area contributed by atoms with Crippen LogP contribution >= 0.6 is 26.8 Å². The molecule has 0 bridgehead atoms. The van der Waals surface area contributed by atoms with Gasteiger partial charge in [0.2, 0.25) is 5.28 Å². The molecule has 3 aliphatic heterocycles. The standard InChI is InChI=1S/C25H30ClN5O9P2/c1-24(2)39-18-16(10-37-42(35,36)13-41(32,33)34)38-22(19(18)40-24)31-12-27-17-20(28-23(26)29-21(17)31)30-11-25(8-5-9-25)14-6-3-4-7-15(14)30/h3-4,6-7,12,16,18-19,22H,5,8-11,13H2,1-2H3,(H,35,36)(H2,32,33,34). The molecule has 226 valence electrons. The van der Waals surface area contributed by atoms with Gasteiger partial charge in [0.05, 0.1) is 12.9 Å². The number of para-hydroxylation sites is 1. The van der Waals surface area contributed by atoms with E-state index in [0.29, 0.717) is 17.0 Å². The summed E-state index contributed by atoms with van der Waals surface area (Å²) < 4.78 is 48.8. The fourth-order valence-corrected chi connectivity index (χ4v) is 9.31. The molecule has 42 heavy (non-hydrogen) atoms. The number of nitrogens with zero attached hydrogens (tertiary/aromatic N) is 5. The SMILES string of the molecule is CC1(C)OC2C(COP(=O)(O)CP(=O)(O)O)OC(n3cnc4c(N5CC6(CCC6)c6ccccc65)nc(Cl)nc43)C2O1. The second kappa shape index (κ2) is 9.77. The molecular weight excluding hydrogens is 612 g/mol. The highest BCUT2D eigenvalue weighted by molar-refractivity contribution is 7.70. The number of hydrogen-bond donors (Lipinski definition) is 3. The molecule has 3 aromatic rings. The zero-order valence-electron chi connectivity index (χ0n) is 22.7. The minimum atomic E-state index is -4.79. The molecule has 5 atom stereocenters. The fourth-order valence-electron chi connectivity index (χ4n) is 6.58. The van der Waals surface area contributed by atoms with E-state index in [9.17, 15) is 14.0 Å².